The molecule has 0 bridgehead atoms. The summed E-state index contributed by atoms with van der Waals surface area (Å²) < 4.78 is 0. The van der Waals surface area contributed by atoms with Crippen molar-refractivity contribution in [1.29, 1.82) is 0 Å². The molecule has 2 heteroatoms. The molecule has 76 valence electrons. The second-order valence-corrected chi connectivity index (χ2v) is 4.01. The third-order valence-corrected chi connectivity index (χ3v) is 3.05. The van der Waals surface area contributed by atoms with Crippen LogP contribution in [0, 0.1) is 0 Å². The molecule has 2 N–H and O–H groups in total. The van der Waals surface area contributed by atoms with Crippen LogP contribution in [0.1, 0.15) is 42.6 Å². The van der Waals surface area contributed by atoms with Crippen molar-refractivity contribution >= 4 is 0 Å². The van der Waals surface area contributed by atoms with Crippen molar-refractivity contribution < 1.29 is 4.84 Å². The lowest BCUT2D eigenvalue weighted by atomic mass is 9.90. The Morgan fingerprint density at radius 1 is 1.21 bits per heavy atom. The second-order valence-electron chi connectivity index (χ2n) is 4.01. The van der Waals surface area contributed by atoms with E-state index in [4.69, 9.17) is 10.7 Å². The maximum atomic E-state index is 5.18. The van der Waals surface area contributed by atoms with E-state index in [2.05, 4.69) is 18.2 Å². The fourth-order valence-electron chi connectivity index (χ4n) is 2.08. The predicted octanol–water partition coefficient (Wildman–Crippen LogP) is 2.52. The number of fused-ring (bicyclic) bond motifs is 1. The molecule has 0 fully saturated rings. The van der Waals surface area contributed by atoms with Crippen molar-refractivity contribution in [1.82, 2.24) is 0 Å². The molecule has 1 atom stereocenters. The van der Waals surface area contributed by atoms with E-state index in [0.717, 1.165) is 0 Å². The van der Waals surface area contributed by atoms with Gasteiger partial charge in [-0.15, -0.1) is 0 Å². The summed E-state index contributed by atoms with van der Waals surface area (Å²) >= 11 is 0. The molecule has 1 aromatic rings. The Labute approximate surface area is 85.0 Å². The van der Waals surface area contributed by atoms with Crippen LogP contribution in [0.2, 0.25) is 0 Å². The molecular weight excluding hydrogens is 174 g/mol. The van der Waals surface area contributed by atoms with Crippen molar-refractivity contribution in [3.63, 3.8) is 0 Å². The molecule has 0 radical (unpaired) electrons. The van der Waals surface area contributed by atoms with Gasteiger partial charge in [0.1, 0.15) is 6.10 Å². The summed E-state index contributed by atoms with van der Waals surface area (Å²) in [7, 11) is 0. The van der Waals surface area contributed by atoms with Crippen molar-refractivity contribution in [2.75, 3.05) is 0 Å². The van der Waals surface area contributed by atoms with Crippen LogP contribution in [-0.4, -0.2) is 0 Å². The maximum absolute atomic E-state index is 5.18. The van der Waals surface area contributed by atoms with Gasteiger partial charge in [0, 0.05) is 0 Å². The molecule has 0 aliphatic heterocycles. The van der Waals surface area contributed by atoms with E-state index < -0.39 is 0 Å². The molecule has 0 saturated carbocycles. The van der Waals surface area contributed by atoms with Crippen molar-refractivity contribution in [2.24, 2.45) is 5.90 Å². The highest BCUT2D eigenvalue weighted by atomic mass is 16.6. The third kappa shape index (κ3) is 1.81. The first-order valence-electron chi connectivity index (χ1n) is 5.28. The fraction of sp³-hybridized carbons (Fsp3) is 0.500. The van der Waals surface area contributed by atoms with Crippen molar-refractivity contribution in [2.45, 2.75) is 38.7 Å². The van der Waals surface area contributed by atoms with Gasteiger partial charge in [-0.05, 0) is 49.3 Å². The normalized spacial score (nSPS) is 17.6. The summed E-state index contributed by atoms with van der Waals surface area (Å²) in [6, 6.07) is 6.59. The molecule has 2 rings (SSSR count). The minimum absolute atomic E-state index is 0.00206. The number of hydrogen-bond donors (Lipinski definition) is 1. The topological polar surface area (TPSA) is 35.2 Å². The van der Waals surface area contributed by atoms with Crippen LogP contribution in [0.3, 0.4) is 0 Å². The predicted molar refractivity (Wildman–Crippen MR) is 56.8 cm³/mol. The number of hydrogen-bond acceptors (Lipinski definition) is 2. The average molecular weight is 191 g/mol. The summed E-state index contributed by atoms with van der Waals surface area (Å²) in [5.74, 6) is 5.18. The molecule has 1 aromatic carbocycles. The highest BCUT2D eigenvalue weighted by Gasteiger charge is 2.11. The summed E-state index contributed by atoms with van der Waals surface area (Å²) in [6.07, 6.45) is 5.08. The Bertz CT molecular complexity index is 322. The first-order chi connectivity index (χ1) is 6.81. The van der Waals surface area contributed by atoms with Crippen LogP contribution in [-0.2, 0) is 17.7 Å². The second kappa shape index (κ2) is 4.11. The fourth-order valence-corrected chi connectivity index (χ4v) is 2.08. The van der Waals surface area contributed by atoms with E-state index >= 15 is 0 Å². The Hall–Kier alpha value is -0.860. The highest BCUT2D eigenvalue weighted by molar-refractivity contribution is 5.34. The first-order valence-corrected chi connectivity index (χ1v) is 5.28. The SMILES string of the molecule is CC(ON)c1ccc2c(c1)CCCC2. The molecule has 1 aliphatic carbocycles. The first kappa shape index (κ1) is 9.69. The van der Waals surface area contributed by atoms with Gasteiger partial charge >= 0.3 is 0 Å². The van der Waals surface area contributed by atoms with Gasteiger partial charge in [0.15, 0.2) is 0 Å². The molecule has 14 heavy (non-hydrogen) atoms. The lowest BCUT2D eigenvalue weighted by Crippen LogP contribution is -2.08. The molecule has 0 amide bonds. The van der Waals surface area contributed by atoms with E-state index in [0.29, 0.717) is 0 Å². The van der Waals surface area contributed by atoms with Gasteiger partial charge in [-0.3, -0.25) is 4.84 Å². The van der Waals surface area contributed by atoms with Crippen LogP contribution >= 0.6 is 0 Å². The van der Waals surface area contributed by atoms with E-state index in [-0.39, 0.29) is 6.10 Å². The molecule has 0 heterocycles. The van der Waals surface area contributed by atoms with Crippen LogP contribution in [0.5, 0.6) is 0 Å². The molecule has 1 unspecified atom stereocenters. The summed E-state index contributed by atoms with van der Waals surface area (Å²) in [5.41, 5.74) is 4.18. The summed E-state index contributed by atoms with van der Waals surface area (Å²) in [5, 5.41) is 0. The quantitative estimate of drug-likeness (QED) is 0.729. The number of rotatable bonds is 2. The largest absolute Gasteiger partial charge is 0.297 e. The molecule has 0 aromatic heterocycles. The molecule has 0 spiro atoms. The Morgan fingerprint density at radius 2 is 1.93 bits per heavy atom. The summed E-state index contributed by atoms with van der Waals surface area (Å²) in [4.78, 5) is 4.83. The van der Waals surface area contributed by atoms with Crippen LogP contribution in [0.4, 0.5) is 0 Å². The van der Waals surface area contributed by atoms with Crippen molar-refractivity contribution in [3.05, 3.63) is 34.9 Å². The van der Waals surface area contributed by atoms with Gasteiger partial charge in [0.05, 0.1) is 0 Å². The third-order valence-electron chi connectivity index (χ3n) is 3.05. The van der Waals surface area contributed by atoms with E-state index in [9.17, 15) is 0 Å². The van der Waals surface area contributed by atoms with Gasteiger partial charge < -0.3 is 0 Å². The van der Waals surface area contributed by atoms with Gasteiger partial charge in [0.25, 0.3) is 0 Å². The number of benzene rings is 1. The molecule has 0 saturated heterocycles. The van der Waals surface area contributed by atoms with Crippen molar-refractivity contribution in [3.8, 4) is 0 Å². The Balaban J connectivity index is 2.29. The Kier molecular flexibility index (Phi) is 2.85. The zero-order chi connectivity index (χ0) is 9.97. The molecule has 2 nitrogen and oxygen atoms in total. The van der Waals surface area contributed by atoms with Crippen LogP contribution in [0.25, 0.3) is 0 Å². The molecular formula is C12H17NO. The highest BCUT2D eigenvalue weighted by Crippen LogP contribution is 2.25. The van der Waals surface area contributed by atoms with Gasteiger partial charge in [-0.2, -0.15) is 0 Å². The Morgan fingerprint density at radius 3 is 2.64 bits per heavy atom. The van der Waals surface area contributed by atoms with Crippen LogP contribution in [0.15, 0.2) is 18.2 Å². The monoisotopic (exact) mass is 191 g/mol. The number of aryl methyl sites for hydroxylation is 2. The van der Waals surface area contributed by atoms with Gasteiger partial charge in [0.2, 0.25) is 0 Å². The minimum atomic E-state index is 0.00206. The summed E-state index contributed by atoms with van der Waals surface area (Å²) in [6.45, 7) is 1.98. The smallest absolute Gasteiger partial charge is 0.101 e. The zero-order valence-corrected chi connectivity index (χ0v) is 8.62. The molecule has 1 aliphatic rings. The minimum Gasteiger partial charge on any atom is -0.297 e. The maximum Gasteiger partial charge on any atom is 0.101 e. The standard InChI is InChI=1S/C12H17NO/c1-9(14-13)11-7-6-10-4-2-3-5-12(10)8-11/h6-9H,2-5,13H2,1H3. The van der Waals surface area contributed by atoms with Gasteiger partial charge in [-0.1, -0.05) is 18.2 Å². The average Bonchev–Trinajstić information content (AvgIpc) is 2.27. The van der Waals surface area contributed by atoms with Crippen LogP contribution < -0.4 is 5.90 Å². The van der Waals surface area contributed by atoms with Gasteiger partial charge in [-0.25, -0.2) is 5.90 Å². The lowest BCUT2D eigenvalue weighted by Gasteiger charge is -2.18. The van der Waals surface area contributed by atoms with E-state index in [1.54, 1.807) is 0 Å². The van der Waals surface area contributed by atoms with E-state index in [1.165, 1.54) is 42.4 Å². The van der Waals surface area contributed by atoms with E-state index in [1.807, 2.05) is 6.92 Å². The lowest BCUT2D eigenvalue weighted by molar-refractivity contribution is 0.0663. The zero-order valence-electron chi connectivity index (χ0n) is 8.62. The number of nitrogens with two attached hydrogens (primary N) is 1.